The Morgan fingerprint density at radius 3 is 2.58 bits per heavy atom. The van der Waals surface area contributed by atoms with Crippen LogP contribution in [0.15, 0.2) is 24.3 Å². The molecular weight excluding hydrogens is 359 g/mol. The van der Waals surface area contributed by atoms with Gasteiger partial charge in [-0.3, -0.25) is 9.10 Å². The highest BCUT2D eigenvalue weighted by Crippen LogP contribution is 2.18. The van der Waals surface area contributed by atoms with Crippen LogP contribution in [0.3, 0.4) is 0 Å². The number of anilines is 1. The number of hydrogen-bond donors (Lipinski definition) is 1. The molecule has 0 bridgehead atoms. The van der Waals surface area contributed by atoms with Crippen LogP contribution in [0.5, 0.6) is 0 Å². The molecule has 0 spiro atoms. The van der Waals surface area contributed by atoms with Crippen LogP contribution < -0.4 is 9.62 Å². The molecule has 1 saturated heterocycles. The van der Waals surface area contributed by atoms with Gasteiger partial charge in [0.2, 0.25) is 15.9 Å². The molecular formula is C17H27FN4O3S. The second-order valence-corrected chi connectivity index (χ2v) is 8.50. The fourth-order valence-electron chi connectivity index (χ4n) is 2.82. The molecule has 9 heteroatoms. The molecule has 1 heterocycles. The van der Waals surface area contributed by atoms with E-state index in [0.717, 1.165) is 55.8 Å². The summed E-state index contributed by atoms with van der Waals surface area (Å²) in [5.74, 6) is -0.957. The molecule has 1 aromatic rings. The Morgan fingerprint density at radius 1 is 1.27 bits per heavy atom. The van der Waals surface area contributed by atoms with Gasteiger partial charge in [-0.15, -0.1) is 0 Å². The first-order valence-electron chi connectivity index (χ1n) is 8.66. The minimum absolute atomic E-state index is 0.139. The molecule has 0 radical (unpaired) electrons. The predicted octanol–water partition coefficient (Wildman–Crippen LogP) is 0.345. The number of rotatable bonds is 8. The Labute approximate surface area is 154 Å². The summed E-state index contributed by atoms with van der Waals surface area (Å²) in [5.41, 5.74) is 0.139. The van der Waals surface area contributed by atoms with E-state index in [1.807, 2.05) is 0 Å². The van der Waals surface area contributed by atoms with E-state index in [9.17, 15) is 17.6 Å². The average Bonchev–Trinajstić information content (AvgIpc) is 2.57. The van der Waals surface area contributed by atoms with Crippen LogP contribution in [0.4, 0.5) is 10.1 Å². The molecule has 1 fully saturated rings. The molecule has 0 atom stereocenters. The first-order chi connectivity index (χ1) is 12.3. The number of hydrogen-bond acceptors (Lipinski definition) is 5. The van der Waals surface area contributed by atoms with Crippen LogP contribution in [0.25, 0.3) is 0 Å². The number of nitrogens with one attached hydrogen (secondary N) is 1. The largest absolute Gasteiger partial charge is 0.354 e. The molecule has 0 unspecified atom stereocenters. The van der Waals surface area contributed by atoms with Gasteiger partial charge in [-0.2, -0.15) is 0 Å². The summed E-state index contributed by atoms with van der Waals surface area (Å²) in [6.07, 6.45) is 1.80. The topological polar surface area (TPSA) is 73.0 Å². The number of piperazine rings is 1. The molecule has 7 nitrogen and oxygen atoms in total. The van der Waals surface area contributed by atoms with Gasteiger partial charge in [-0.25, -0.2) is 12.8 Å². The van der Waals surface area contributed by atoms with Gasteiger partial charge < -0.3 is 15.1 Å². The molecule has 1 amide bonds. The van der Waals surface area contributed by atoms with E-state index in [4.69, 9.17) is 0 Å². The average molecular weight is 386 g/mol. The second-order valence-electron chi connectivity index (χ2n) is 6.60. The standard InChI is InChI=1S/C17H27FN4O3S/c1-20-9-11-21(12-10-20)8-4-7-19-17(23)14-22(26(2,24)25)16-6-3-5-15(18)13-16/h3,5-6,13H,4,7-12,14H2,1-2H3,(H,19,23). The number of carbonyl (C=O) groups excluding carboxylic acids is 1. The molecule has 0 saturated carbocycles. The molecule has 2 rings (SSSR count). The Morgan fingerprint density at radius 2 is 1.96 bits per heavy atom. The van der Waals surface area contributed by atoms with Gasteiger partial charge in [-0.05, 0) is 38.2 Å². The number of sulfonamides is 1. The third-order valence-electron chi connectivity index (χ3n) is 4.35. The van der Waals surface area contributed by atoms with Crippen molar-refractivity contribution < 1.29 is 17.6 Å². The smallest absolute Gasteiger partial charge is 0.240 e. The molecule has 0 aliphatic carbocycles. The summed E-state index contributed by atoms with van der Waals surface area (Å²) in [4.78, 5) is 16.8. The highest BCUT2D eigenvalue weighted by Gasteiger charge is 2.21. The number of nitrogens with zero attached hydrogens (tertiary/aromatic N) is 3. The summed E-state index contributed by atoms with van der Waals surface area (Å²) in [5, 5.41) is 2.74. The third kappa shape index (κ3) is 6.54. The van der Waals surface area contributed by atoms with Crippen molar-refractivity contribution in [3.63, 3.8) is 0 Å². The van der Waals surface area contributed by atoms with Crippen LogP contribution >= 0.6 is 0 Å². The van der Waals surface area contributed by atoms with Gasteiger partial charge in [0.25, 0.3) is 0 Å². The number of likely N-dealkylation sites (N-methyl/N-ethyl adjacent to an activating group) is 1. The number of amides is 1. The SMILES string of the molecule is CN1CCN(CCCNC(=O)CN(c2cccc(F)c2)S(C)(=O)=O)CC1. The zero-order valence-electron chi connectivity index (χ0n) is 15.3. The number of halogens is 1. The molecule has 1 N–H and O–H groups in total. The molecule has 1 aromatic carbocycles. The zero-order chi connectivity index (χ0) is 19.2. The van der Waals surface area contributed by atoms with Crippen LogP contribution in [0, 0.1) is 5.82 Å². The quantitative estimate of drug-likeness (QED) is 0.653. The Balaban J connectivity index is 1.80. The number of benzene rings is 1. The van der Waals surface area contributed by atoms with E-state index >= 15 is 0 Å². The van der Waals surface area contributed by atoms with E-state index in [0.29, 0.717) is 6.54 Å². The summed E-state index contributed by atoms with van der Waals surface area (Å²) in [7, 11) is -1.59. The van der Waals surface area contributed by atoms with Crippen molar-refractivity contribution in [2.24, 2.45) is 0 Å². The fraction of sp³-hybridized carbons (Fsp3) is 0.588. The maximum absolute atomic E-state index is 13.4. The Bertz CT molecular complexity index is 706. The minimum atomic E-state index is -3.69. The summed E-state index contributed by atoms with van der Waals surface area (Å²) in [6, 6.07) is 5.20. The number of carbonyl (C=O) groups is 1. The first-order valence-corrected chi connectivity index (χ1v) is 10.5. The lowest BCUT2D eigenvalue weighted by Gasteiger charge is -2.32. The van der Waals surface area contributed by atoms with Crippen molar-refractivity contribution in [3.05, 3.63) is 30.1 Å². The van der Waals surface area contributed by atoms with Gasteiger partial charge in [0.15, 0.2) is 0 Å². The summed E-state index contributed by atoms with van der Waals surface area (Å²) >= 11 is 0. The van der Waals surface area contributed by atoms with E-state index < -0.39 is 21.7 Å². The highest BCUT2D eigenvalue weighted by molar-refractivity contribution is 7.92. The molecule has 26 heavy (non-hydrogen) atoms. The third-order valence-corrected chi connectivity index (χ3v) is 5.49. The van der Waals surface area contributed by atoms with Crippen molar-refractivity contribution in [3.8, 4) is 0 Å². The van der Waals surface area contributed by atoms with Crippen LogP contribution in [0.1, 0.15) is 6.42 Å². The van der Waals surface area contributed by atoms with E-state index in [1.165, 1.54) is 18.2 Å². The van der Waals surface area contributed by atoms with Gasteiger partial charge in [0.05, 0.1) is 11.9 Å². The Kier molecular flexibility index (Phi) is 7.36. The van der Waals surface area contributed by atoms with Gasteiger partial charge >= 0.3 is 0 Å². The van der Waals surface area contributed by atoms with Crippen LogP contribution in [-0.4, -0.2) is 83.2 Å². The summed E-state index contributed by atoms with van der Waals surface area (Å²) in [6.45, 7) is 5.14. The van der Waals surface area contributed by atoms with Crippen molar-refractivity contribution in [2.45, 2.75) is 6.42 Å². The summed E-state index contributed by atoms with van der Waals surface area (Å²) < 4.78 is 38.2. The van der Waals surface area contributed by atoms with Crippen molar-refractivity contribution in [1.29, 1.82) is 0 Å². The van der Waals surface area contributed by atoms with Gasteiger partial charge in [-0.1, -0.05) is 6.07 Å². The predicted molar refractivity (Wildman–Crippen MR) is 100 cm³/mol. The van der Waals surface area contributed by atoms with Crippen molar-refractivity contribution >= 4 is 21.6 Å². The maximum atomic E-state index is 13.4. The van der Waals surface area contributed by atoms with Crippen LogP contribution in [0.2, 0.25) is 0 Å². The lowest BCUT2D eigenvalue weighted by Crippen LogP contribution is -2.45. The van der Waals surface area contributed by atoms with E-state index in [1.54, 1.807) is 0 Å². The fourth-order valence-corrected chi connectivity index (χ4v) is 3.67. The van der Waals surface area contributed by atoms with Crippen molar-refractivity contribution in [2.75, 3.05) is 63.4 Å². The lowest BCUT2D eigenvalue weighted by molar-refractivity contribution is -0.119. The van der Waals surface area contributed by atoms with E-state index in [-0.39, 0.29) is 12.2 Å². The first kappa shape index (κ1) is 20.6. The molecule has 1 aliphatic rings. The molecule has 146 valence electrons. The van der Waals surface area contributed by atoms with Crippen LogP contribution in [-0.2, 0) is 14.8 Å². The zero-order valence-corrected chi connectivity index (χ0v) is 16.1. The van der Waals surface area contributed by atoms with Gasteiger partial charge in [0.1, 0.15) is 12.4 Å². The monoisotopic (exact) mass is 386 g/mol. The maximum Gasteiger partial charge on any atom is 0.240 e. The molecule has 1 aliphatic heterocycles. The highest BCUT2D eigenvalue weighted by atomic mass is 32.2. The second kappa shape index (κ2) is 9.29. The normalized spacial score (nSPS) is 16.4. The van der Waals surface area contributed by atoms with E-state index in [2.05, 4.69) is 22.2 Å². The van der Waals surface area contributed by atoms with Crippen molar-refractivity contribution in [1.82, 2.24) is 15.1 Å². The van der Waals surface area contributed by atoms with Gasteiger partial charge in [0, 0.05) is 32.7 Å². The lowest BCUT2D eigenvalue weighted by atomic mass is 10.3. The minimum Gasteiger partial charge on any atom is -0.354 e. The molecule has 0 aromatic heterocycles. The Hall–Kier alpha value is -1.71.